The Morgan fingerprint density at radius 2 is 1.90 bits per heavy atom. The lowest BCUT2D eigenvalue weighted by molar-refractivity contribution is -0.120. The summed E-state index contributed by atoms with van der Waals surface area (Å²) in [6.07, 6.45) is 6.94. The number of carbonyl (C=O) groups is 2. The molecule has 2 aliphatic rings. The molecule has 2 saturated carbocycles. The highest BCUT2D eigenvalue weighted by Gasteiger charge is 2.36. The van der Waals surface area contributed by atoms with Crippen molar-refractivity contribution in [2.24, 2.45) is 0 Å². The van der Waals surface area contributed by atoms with Crippen molar-refractivity contribution in [3.8, 4) is 23.3 Å². The number of aromatic carboxylic acids is 1. The molecule has 0 saturated heterocycles. The minimum Gasteiger partial charge on any atom is -0.493 e. The van der Waals surface area contributed by atoms with Crippen molar-refractivity contribution < 1.29 is 24.2 Å². The lowest BCUT2D eigenvalue weighted by atomic mass is 9.69. The average molecular weight is 439 g/mol. The smallest absolute Gasteiger partial charge is 0.345 e. The van der Waals surface area contributed by atoms with Gasteiger partial charge in [0.2, 0.25) is 0 Å². The maximum atomic E-state index is 12.0. The summed E-state index contributed by atoms with van der Waals surface area (Å²) in [4.78, 5) is 23.4. The minimum absolute atomic E-state index is 0.208. The summed E-state index contributed by atoms with van der Waals surface area (Å²) in [6.45, 7) is 0. The van der Waals surface area contributed by atoms with Crippen LogP contribution in [0.15, 0.2) is 29.6 Å². The van der Waals surface area contributed by atoms with Gasteiger partial charge in [-0.25, -0.2) is 4.79 Å². The van der Waals surface area contributed by atoms with E-state index in [1.807, 2.05) is 18.2 Å². The van der Waals surface area contributed by atoms with Gasteiger partial charge in [-0.3, -0.25) is 4.79 Å². The van der Waals surface area contributed by atoms with Crippen molar-refractivity contribution in [2.75, 3.05) is 7.11 Å². The van der Waals surface area contributed by atoms with Gasteiger partial charge in [-0.1, -0.05) is 17.9 Å². The van der Waals surface area contributed by atoms with Gasteiger partial charge in [0.1, 0.15) is 10.7 Å². The van der Waals surface area contributed by atoms with E-state index in [0.717, 1.165) is 24.2 Å². The summed E-state index contributed by atoms with van der Waals surface area (Å²) in [6, 6.07) is 7.57. The SMILES string of the molecule is COc1ccc(C2(C#Cc3csc(C(=O)O)c3)CCC(=O)CC2)cc1OC1CCCC1. The number of rotatable bonds is 5. The lowest BCUT2D eigenvalue weighted by Crippen LogP contribution is -2.30. The fourth-order valence-electron chi connectivity index (χ4n) is 4.40. The van der Waals surface area contributed by atoms with Crippen LogP contribution in [0, 0.1) is 11.8 Å². The highest BCUT2D eigenvalue weighted by molar-refractivity contribution is 7.12. The molecule has 0 aliphatic heterocycles. The van der Waals surface area contributed by atoms with Crippen LogP contribution in [0.2, 0.25) is 0 Å². The quantitative estimate of drug-likeness (QED) is 0.649. The van der Waals surface area contributed by atoms with Crippen LogP contribution in [-0.4, -0.2) is 30.1 Å². The predicted octanol–water partition coefficient (Wildman–Crippen LogP) is 5.21. The fraction of sp³-hybridized carbons (Fsp3) is 0.440. The molecule has 5 nitrogen and oxygen atoms in total. The average Bonchev–Trinajstić information content (AvgIpc) is 3.46. The molecule has 0 amide bonds. The van der Waals surface area contributed by atoms with Crippen LogP contribution in [-0.2, 0) is 10.2 Å². The highest BCUT2D eigenvalue weighted by atomic mass is 32.1. The second-order valence-electron chi connectivity index (χ2n) is 8.27. The highest BCUT2D eigenvalue weighted by Crippen LogP contribution is 2.42. The van der Waals surface area contributed by atoms with Crippen molar-refractivity contribution in [3.63, 3.8) is 0 Å². The summed E-state index contributed by atoms with van der Waals surface area (Å²) in [7, 11) is 1.64. The van der Waals surface area contributed by atoms with E-state index in [-0.39, 0.29) is 16.8 Å². The Morgan fingerprint density at radius 1 is 1.16 bits per heavy atom. The van der Waals surface area contributed by atoms with Gasteiger partial charge in [0.15, 0.2) is 11.5 Å². The molecule has 1 aromatic heterocycles. The van der Waals surface area contributed by atoms with Gasteiger partial charge in [0.05, 0.1) is 18.6 Å². The summed E-state index contributed by atoms with van der Waals surface area (Å²) >= 11 is 1.17. The van der Waals surface area contributed by atoms with Crippen LogP contribution in [0.5, 0.6) is 11.5 Å². The van der Waals surface area contributed by atoms with Crippen LogP contribution >= 0.6 is 11.3 Å². The van der Waals surface area contributed by atoms with Crippen molar-refractivity contribution >= 4 is 23.1 Å². The van der Waals surface area contributed by atoms with Gasteiger partial charge < -0.3 is 14.6 Å². The van der Waals surface area contributed by atoms with Crippen molar-refractivity contribution in [1.29, 1.82) is 0 Å². The monoisotopic (exact) mass is 438 g/mol. The second-order valence-corrected chi connectivity index (χ2v) is 9.18. The van der Waals surface area contributed by atoms with Crippen molar-refractivity contribution in [1.82, 2.24) is 0 Å². The number of hydrogen-bond donors (Lipinski definition) is 1. The number of benzene rings is 1. The molecular weight excluding hydrogens is 412 g/mol. The minimum atomic E-state index is -0.945. The first-order chi connectivity index (χ1) is 15.0. The summed E-state index contributed by atoms with van der Waals surface area (Å²) < 4.78 is 11.8. The topological polar surface area (TPSA) is 72.8 Å². The van der Waals surface area contributed by atoms with Gasteiger partial charge in [-0.2, -0.15) is 0 Å². The molecule has 0 unspecified atom stereocenters. The van der Waals surface area contributed by atoms with E-state index < -0.39 is 11.4 Å². The molecule has 2 aliphatic carbocycles. The fourth-order valence-corrected chi connectivity index (χ4v) is 5.08. The summed E-state index contributed by atoms with van der Waals surface area (Å²) in [5.74, 6) is 7.34. The number of methoxy groups -OCH3 is 1. The standard InChI is InChI=1S/C25H26O5S/c1-29-21-7-6-18(15-22(21)30-20-4-2-3-5-20)25(12-9-19(26)10-13-25)11-8-17-14-23(24(27)28)31-16-17/h6-7,14-16,20H,2-5,9-10,12-13H2,1H3,(H,27,28). The number of carboxylic acids is 1. The number of carbonyl (C=O) groups excluding carboxylic acids is 1. The van der Waals surface area contributed by atoms with Gasteiger partial charge in [-0.05, 0) is 62.3 Å². The van der Waals surface area contributed by atoms with Gasteiger partial charge >= 0.3 is 5.97 Å². The Bertz CT molecular complexity index is 1030. The second kappa shape index (κ2) is 9.15. The maximum Gasteiger partial charge on any atom is 0.345 e. The Labute approximate surface area is 186 Å². The van der Waals surface area contributed by atoms with Gasteiger partial charge in [-0.15, -0.1) is 11.3 Å². The Hall–Kier alpha value is -2.78. The number of hydrogen-bond acceptors (Lipinski definition) is 5. The first-order valence-corrected chi connectivity index (χ1v) is 11.6. The third-order valence-electron chi connectivity index (χ3n) is 6.23. The van der Waals surface area contributed by atoms with E-state index in [2.05, 4.69) is 11.8 Å². The molecule has 0 radical (unpaired) electrons. The van der Waals surface area contributed by atoms with Crippen LogP contribution in [0.4, 0.5) is 0 Å². The normalized spacial score (nSPS) is 18.3. The Morgan fingerprint density at radius 3 is 2.55 bits per heavy atom. The van der Waals surface area contributed by atoms with E-state index in [4.69, 9.17) is 14.6 Å². The molecule has 31 heavy (non-hydrogen) atoms. The molecule has 0 atom stereocenters. The van der Waals surface area contributed by atoms with Gasteiger partial charge in [0, 0.05) is 23.8 Å². The molecular formula is C25H26O5S. The number of ether oxygens (including phenoxy) is 2. The molecule has 2 aromatic rings. The van der Waals surface area contributed by atoms with E-state index in [1.165, 1.54) is 24.2 Å². The third-order valence-corrected chi connectivity index (χ3v) is 7.15. The predicted molar refractivity (Wildman–Crippen MR) is 119 cm³/mol. The molecule has 4 rings (SSSR count). The van der Waals surface area contributed by atoms with Crippen molar-refractivity contribution in [2.45, 2.75) is 62.9 Å². The number of ketones is 1. The molecule has 0 spiro atoms. The Balaban J connectivity index is 1.69. The Kier molecular flexibility index (Phi) is 6.33. The molecule has 0 bridgehead atoms. The molecule has 1 aromatic carbocycles. The van der Waals surface area contributed by atoms with E-state index >= 15 is 0 Å². The van der Waals surface area contributed by atoms with Crippen LogP contribution in [0.3, 0.4) is 0 Å². The zero-order valence-corrected chi connectivity index (χ0v) is 18.4. The number of carboxylic acid groups (broad SMARTS) is 1. The first-order valence-electron chi connectivity index (χ1n) is 10.7. The van der Waals surface area contributed by atoms with E-state index in [1.54, 1.807) is 18.6 Å². The zero-order chi connectivity index (χ0) is 21.8. The molecule has 6 heteroatoms. The maximum absolute atomic E-state index is 12.0. The lowest BCUT2D eigenvalue weighted by Gasteiger charge is -2.33. The third kappa shape index (κ3) is 4.77. The van der Waals surface area contributed by atoms with Crippen LogP contribution in [0.25, 0.3) is 0 Å². The molecule has 1 N–H and O–H groups in total. The molecule has 162 valence electrons. The number of thiophene rings is 1. The van der Waals surface area contributed by atoms with Crippen molar-refractivity contribution in [3.05, 3.63) is 45.6 Å². The summed E-state index contributed by atoms with van der Waals surface area (Å²) in [5.41, 5.74) is 1.24. The van der Waals surface area contributed by atoms with E-state index in [0.29, 0.717) is 37.0 Å². The van der Waals surface area contributed by atoms with Crippen LogP contribution < -0.4 is 9.47 Å². The van der Waals surface area contributed by atoms with Crippen LogP contribution in [0.1, 0.15) is 72.2 Å². The largest absolute Gasteiger partial charge is 0.493 e. The van der Waals surface area contributed by atoms with E-state index in [9.17, 15) is 9.59 Å². The molecule has 1 heterocycles. The zero-order valence-electron chi connectivity index (χ0n) is 17.6. The van der Waals surface area contributed by atoms with Gasteiger partial charge in [0.25, 0.3) is 0 Å². The summed E-state index contributed by atoms with van der Waals surface area (Å²) in [5, 5.41) is 10.9. The molecule has 2 fully saturated rings. The first kappa shape index (κ1) is 21.5. The number of Topliss-reactive ketones (excluding diaryl/α,β-unsaturated/α-hetero) is 1.